The molecule has 186 valence electrons. The van der Waals surface area contributed by atoms with Crippen molar-refractivity contribution >= 4 is 21.6 Å². The molecule has 3 rings (SSSR count). The van der Waals surface area contributed by atoms with Crippen LogP contribution in [0.1, 0.15) is 23.6 Å². The third-order valence-corrected chi connectivity index (χ3v) is 7.26. The van der Waals surface area contributed by atoms with Crippen molar-refractivity contribution in [2.75, 3.05) is 24.6 Å². The second-order valence-corrected chi connectivity index (χ2v) is 10.4. The third-order valence-electron chi connectivity index (χ3n) is 5.48. The van der Waals surface area contributed by atoms with Crippen molar-refractivity contribution in [2.24, 2.45) is 0 Å². The minimum atomic E-state index is -3.97. The Hall–Kier alpha value is -3.52. The average molecular weight is 497 g/mol. The largest absolute Gasteiger partial charge is 0.497 e. The van der Waals surface area contributed by atoms with Crippen LogP contribution in [0.25, 0.3) is 0 Å². The molecule has 0 radical (unpaired) electrons. The lowest BCUT2D eigenvalue weighted by molar-refractivity contribution is -0.120. The first-order valence-electron chi connectivity index (χ1n) is 11.3. The predicted molar refractivity (Wildman–Crippen MR) is 138 cm³/mol. The Morgan fingerprint density at radius 1 is 0.914 bits per heavy atom. The number of carbonyl (C=O) groups is 1. The summed E-state index contributed by atoms with van der Waals surface area (Å²) in [5, 5.41) is 2.84. The van der Waals surface area contributed by atoms with Gasteiger partial charge in [0.2, 0.25) is 5.91 Å². The number of sulfonamides is 1. The molecule has 8 heteroatoms. The monoisotopic (exact) mass is 496 g/mol. The van der Waals surface area contributed by atoms with E-state index in [1.54, 1.807) is 68.6 Å². The van der Waals surface area contributed by atoms with E-state index in [4.69, 9.17) is 9.47 Å². The van der Waals surface area contributed by atoms with E-state index in [0.717, 1.165) is 22.4 Å². The standard InChI is InChI=1S/C27H32N2O5S/c1-19-6-13-25(14-7-19)35(31,32)29(26-15-8-20(2)16-21(26)3)17-27(30)28-22(4)18-34-24-11-9-23(33-5)10-12-24/h6-16,22H,17-18H2,1-5H3,(H,28,30). The summed E-state index contributed by atoms with van der Waals surface area (Å²) in [5.41, 5.74) is 3.19. The summed E-state index contributed by atoms with van der Waals surface area (Å²) >= 11 is 0. The van der Waals surface area contributed by atoms with Crippen molar-refractivity contribution in [1.29, 1.82) is 0 Å². The van der Waals surface area contributed by atoms with Crippen LogP contribution in [0.3, 0.4) is 0 Å². The Bertz CT molecular complexity index is 1260. The van der Waals surface area contributed by atoms with E-state index in [0.29, 0.717) is 11.4 Å². The number of nitrogens with one attached hydrogen (secondary N) is 1. The maximum absolute atomic E-state index is 13.6. The maximum atomic E-state index is 13.6. The van der Waals surface area contributed by atoms with Gasteiger partial charge in [-0.25, -0.2) is 8.42 Å². The van der Waals surface area contributed by atoms with Crippen molar-refractivity contribution in [1.82, 2.24) is 5.32 Å². The van der Waals surface area contributed by atoms with Gasteiger partial charge < -0.3 is 14.8 Å². The molecule has 0 saturated heterocycles. The van der Waals surface area contributed by atoms with Crippen LogP contribution < -0.4 is 19.1 Å². The molecule has 0 spiro atoms. The molecule has 7 nitrogen and oxygen atoms in total. The van der Waals surface area contributed by atoms with Gasteiger partial charge in [-0.3, -0.25) is 9.10 Å². The Kier molecular flexibility index (Phi) is 8.40. The third kappa shape index (κ3) is 6.76. The summed E-state index contributed by atoms with van der Waals surface area (Å²) in [6.07, 6.45) is 0. The van der Waals surface area contributed by atoms with Crippen molar-refractivity contribution in [3.05, 3.63) is 83.4 Å². The molecule has 1 amide bonds. The van der Waals surface area contributed by atoms with E-state index >= 15 is 0 Å². The Morgan fingerprint density at radius 2 is 1.51 bits per heavy atom. The zero-order valence-electron chi connectivity index (χ0n) is 20.7. The van der Waals surface area contributed by atoms with E-state index in [-0.39, 0.29) is 24.1 Å². The molecule has 0 heterocycles. The molecule has 0 aliphatic heterocycles. The van der Waals surface area contributed by atoms with Gasteiger partial charge in [-0.2, -0.15) is 0 Å². The van der Waals surface area contributed by atoms with Gasteiger partial charge in [0.05, 0.1) is 23.7 Å². The summed E-state index contributed by atoms with van der Waals surface area (Å²) in [5.74, 6) is 0.942. The normalized spacial score (nSPS) is 12.0. The maximum Gasteiger partial charge on any atom is 0.264 e. The van der Waals surface area contributed by atoms with Crippen molar-refractivity contribution in [3.8, 4) is 11.5 Å². The minimum absolute atomic E-state index is 0.131. The summed E-state index contributed by atoms with van der Waals surface area (Å²) in [6.45, 7) is 7.34. The van der Waals surface area contributed by atoms with Crippen molar-refractivity contribution in [3.63, 3.8) is 0 Å². The molecule has 0 aliphatic carbocycles. The molecular formula is C27H32N2O5S. The first-order valence-corrected chi connectivity index (χ1v) is 12.8. The van der Waals surface area contributed by atoms with E-state index in [9.17, 15) is 13.2 Å². The molecular weight excluding hydrogens is 464 g/mol. The number of rotatable bonds is 10. The molecule has 3 aromatic carbocycles. The number of carbonyl (C=O) groups excluding carboxylic acids is 1. The number of anilines is 1. The van der Waals surface area contributed by atoms with Gasteiger partial charge in [0, 0.05) is 0 Å². The van der Waals surface area contributed by atoms with E-state index < -0.39 is 15.9 Å². The van der Waals surface area contributed by atoms with E-state index in [2.05, 4.69) is 5.32 Å². The number of benzene rings is 3. The number of ether oxygens (including phenoxy) is 2. The predicted octanol–water partition coefficient (Wildman–Crippen LogP) is 4.40. The highest BCUT2D eigenvalue weighted by Gasteiger charge is 2.28. The quantitative estimate of drug-likeness (QED) is 0.450. The van der Waals surface area contributed by atoms with E-state index in [1.807, 2.05) is 32.9 Å². The van der Waals surface area contributed by atoms with Crippen LogP contribution in [0, 0.1) is 20.8 Å². The first kappa shape index (κ1) is 26.1. The van der Waals surface area contributed by atoms with Gasteiger partial charge >= 0.3 is 0 Å². The Labute approximate surface area is 207 Å². The zero-order chi connectivity index (χ0) is 25.6. The fraction of sp³-hybridized carbons (Fsp3) is 0.296. The summed E-state index contributed by atoms with van der Waals surface area (Å²) in [6, 6.07) is 18.9. The first-order chi connectivity index (χ1) is 16.6. The Balaban J connectivity index is 1.76. The lowest BCUT2D eigenvalue weighted by atomic mass is 10.1. The highest BCUT2D eigenvalue weighted by atomic mass is 32.2. The number of aryl methyl sites for hydroxylation is 3. The van der Waals surface area contributed by atoms with Crippen LogP contribution in [0.5, 0.6) is 11.5 Å². The fourth-order valence-corrected chi connectivity index (χ4v) is 5.09. The molecule has 0 bridgehead atoms. The fourth-order valence-electron chi connectivity index (χ4n) is 3.61. The zero-order valence-corrected chi connectivity index (χ0v) is 21.6. The van der Waals surface area contributed by atoms with Crippen LogP contribution >= 0.6 is 0 Å². The highest BCUT2D eigenvalue weighted by Crippen LogP contribution is 2.27. The molecule has 3 aromatic rings. The topological polar surface area (TPSA) is 84.9 Å². The number of methoxy groups -OCH3 is 1. The van der Waals surface area contributed by atoms with Gasteiger partial charge in [-0.1, -0.05) is 35.4 Å². The number of amides is 1. The van der Waals surface area contributed by atoms with Gasteiger partial charge in [-0.05, 0) is 75.7 Å². The number of hydrogen-bond acceptors (Lipinski definition) is 5. The summed E-state index contributed by atoms with van der Waals surface area (Å²) in [4.78, 5) is 13.1. The molecule has 35 heavy (non-hydrogen) atoms. The smallest absolute Gasteiger partial charge is 0.264 e. The number of nitrogens with zero attached hydrogens (tertiary/aromatic N) is 1. The van der Waals surface area contributed by atoms with Crippen LogP contribution in [-0.4, -0.2) is 40.6 Å². The summed E-state index contributed by atoms with van der Waals surface area (Å²) < 4.78 is 39.2. The molecule has 0 aliphatic rings. The van der Waals surface area contributed by atoms with Crippen LogP contribution in [0.4, 0.5) is 5.69 Å². The lowest BCUT2D eigenvalue weighted by Gasteiger charge is -2.26. The molecule has 1 atom stereocenters. The molecule has 0 saturated carbocycles. The molecule has 1 N–H and O–H groups in total. The minimum Gasteiger partial charge on any atom is -0.497 e. The van der Waals surface area contributed by atoms with Crippen LogP contribution in [0.15, 0.2) is 71.6 Å². The molecule has 1 unspecified atom stereocenters. The van der Waals surface area contributed by atoms with E-state index in [1.165, 1.54) is 4.31 Å². The average Bonchev–Trinajstić information content (AvgIpc) is 2.82. The second-order valence-electron chi connectivity index (χ2n) is 8.57. The van der Waals surface area contributed by atoms with Gasteiger partial charge in [0.1, 0.15) is 24.7 Å². The van der Waals surface area contributed by atoms with Crippen molar-refractivity contribution in [2.45, 2.75) is 38.6 Å². The SMILES string of the molecule is COc1ccc(OCC(C)NC(=O)CN(c2ccc(C)cc2C)S(=O)(=O)c2ccc(C)cc2)cc1. The van der Waals surface area contributed by atoms with Gasteiger partial charge in [-0.15, -0.1) is 0 Å². The highest BCUT2D eigenvalue weighted by molar-refractivity contribution is 7.92. The summed E-state index contributed by atoms with van der Waals surface area (Å²) in [7, 11) is -2.38. The second kappa shape index (κ2) is 11.3. The number of hydrogen-bond donors (Lipinski definition) is 1. The molecule has 0 aromatic heterocycles. The van der Waals surface area contributed by atoms with Gasteiger partial charge in [0.25, 0.3) is 10.0 Å². The lowest BCUT2D eigenvalue weighted by Crippen LogP contribution is -2.45. The van der Waals surface area contributed by atoms with Crippen LogP contribution in [-0.2, 0) is 14.8 Å². The van der Waals surface area contributed by atoms with Gasteiger partial charge in [0.15, 0.2) is 0 Å². The van der Waals surface area contributed by atoms with Crippen molar-refractivity contribution < 1.29 is 22.7 Å². The van der Waals surface area contributed by atoms with Crippen LogP contribution in [0.2, 0.25) is 0 Å². The Morgan fingerprint density at radius 3 is 2.11 bits per heavy atom. The molecule has 0 fully saturated rings.